The van der Waals surface area contributed by atoms with E-state index in [1.165, 1.54) is 6.33 Å². The van der Waals surface area contributed by atoms with Gasteiger partial charge in [-0.1, -0.05) is 6.07 Å². The maximum Gasteiger partial charge on any atom is 0.160 e. The highest BCUT2D eigenvalue weighted by atomic mass is 16.5. The van der Waals surface area contributed by atoms with Crippen LogP contribution < -0.4 is 25.8 Å². The number of nitrogens with zero attached hydrogens (tertiary/aromatic N) is 3. The van der Waals surface area contributed by atoms with Crippen LogP contribution in [0, 0.1) is 6.92 Å². The molecule has 0 saturated carbocycles. The maximum absolute atomic E-state index is 6.21. The van der Waals surface area contributed by atoms with Crippen LogP contribution in [0.5, 0.6) is 11.5 Å². The van der Waals surface area contributed by atoms with Crippen molar-refractivity contribution in [2.45, 2.75) is 6.92 Å². The molecule has 8 heteroatoms. The molecule has 1 aromatic carbocycles. The van der Waals surface area contributed by atoms with Gasteiger partial charge in [0.25, 0.3) is 0 Å². The molecule has 8 nitrogen and oxygen atoms in total. The molecule has 0 unspecified atom stereocenters. The fraction of sp³-hybridized carbons (Fsp3) is 0.167. The molecule has 0 spiro atoms. The SMILES string of the molecule is COc1ccc(Nc2ncnc(Nc3ccc(C)cn3)c2N)c(OC)c1. The highest BCUT2D eigenvalue weighted by Crippen LogP contribution is 2.34. The highest BCUT2D eigenvalue weighted by molar-refractivity contribution is 5.81. The van der Waals surface area contributed by atoms with Crippen molar-refractivity contribution < 1.29 is 9.47 Å². The van der Waals surface area contributed by atoms with Crippen LogP contribution in [0.2, 0.25) is 0 Å². The molecule has 134 valence electrons. The number of aryl methyl sites for hydroxylation is 1. The van der Waals surface area contributed by atoms with E-state index in [4.69, 9.17) is 15.2 Å². The number of ether oxygens (including phenoxy) is 2. The quantitative estimate of drug-likeness (QED) is 0.620. The molecule has 0 saturated heterocycles. The van der Waals surface area contributed by atoms with E-state index in [9.17, 15) is 0 Å². The molecule has 0 aliphatic carbocycles. The summed E-state index contributed by atoms with van der Waals surface area (Å²) in [5.74, 6) is 2.87. The number of methoxy groups -OCH3 is 2. The van der Waals surface area contributed by atoms with Crippen molar-refractivity contribution in [3.63, 3.8) is 0 Å². The molecule has 3 rings (SSSR count). The molecular weight excluding hydrogens is 332 g/mol. The molecule has 0 aliphatic heterocycles. The Kier molecular flexibility index (Phi) is 5.02. The Morgan fingerprint density at radius 3 is 2.35 bits per heavy atom. The Balaban J connectivity index is 1.86. The minimum Gasteiger partial charge on any atom is -0.497 e. The Morgan fingerprint density at radius 2 is 1.69 bits per heavy atom. The van der Waals surface area contributed by atoms with Gasteiger partial charge >= 0.3 is 0 Å². The summed E-state index contributed by atoms with van der Waals surface area (Å²) in [5.41, 5.74) is 8.36. The van der Waals surface area contributed by atoms with Crippen LogP contribution in [-0.2, 0) is 0 Å². The van der Waals surface area contributed by atoms with Gasteiger partial charge in [0.2, 0.25) is 0 Å². The van der Waals surface area contributed by atoms with E-state index in [-0.39, 0.29) is 0 Å². The van der Waals surface area contributed by atoms with Gasteiger partial charge in [0.05, 0.1) is 19.9 Å². The van der Waals surface area contributed by atoms with Gasteiger partial charge in [-0.15, -0.1) is 0 Å². The second kappa shape index (κ2) is 7.56. The number of nitrogens with one attached hydrogen (secondary N) is 2. The van der Waals surface area contributed by atoms with E-state index in [0.29, 0.717) is 40.3 Å². The lowest BCUT2D eigenvalue weighted by molar-refractivity contribution is 0.395. The van der Waals surface area contributed by atoms with E-state index >= 15 is 0 Å². The number of pyridine rings is 1. The molecule has 2 heterocycles. The monoisotopic (exact) mass is 352 g/mol. The molecule has 3 aromatic rings. The lowest BCUT2D eigenvalue weighted by Crippen LogP contribution is -2.06. The zero-order valence-electron chi connectivity index (χ0n) is 14.8. The molecule has 0 atom stereocenters. The van der Waals surface area contributed by atoms with Crippen molar-refractivity contribution in [2.24, 2.45) is 0 Å². The topological polar surface area (TPSA) is 107 Å². The van der Waals surface area contributed by atoms with Crippen molar-refractivity contribution in [3.8, 4) is 11.5 Å². The second-order valence-electron chi connectivity index (χ2n) is 5.52. The van der Waals surface area contributed by atoms with E-state index < -0.39 is 0 Å². The van der Waals surface area contributed by atoms with Crippen LogP contribution in [0.25, 0.3) is 0 Å². The first-order valence-corrected chi connectivity index (χ1v) is 7.90. The summed E-state index contributed by atoms with van der Waals surface area (Å²) in [6, 6.07) is 9.23. The van der Waals surface area contributed by atoms with Crippen molar-refractivity contribution in [3.05, 3.63) is 48.4 Å². The van der Waals surface area contributed by atoms with E-state index in [2.05, 4.69) is 25.6 Å². The number of rotatable bonds is 6. The molecule has 0 bridgehead atoms. The van der Waals surface area contributed by atoms with Crippen LogP contribution in [0.1, 0.15) is 5.56 Å². The molecule has 0 amide bonds. The van der Waals surface area contributed by atoms with E-state index in [0.717, 1.165) is 5.56 Å². The summed E-state index contributed by atoms with van der Waals surface area (Å²) >= 11 is 0. The van der Waals surface area contributed by atoms with Crippen molar-refractivity contribution in [1.82, 2.24) is 15.0 Å². The van der Waals surface area contributed by atoms with E-state index in [1.54, 1.807) is 26.5 Å². The first kappa shape index (κ1) is 17.3. The minimum absolute atomic E-state index is 0.368. The molecule has 0 fully saturated rings. The third-order valence-corrected chi connectivity index (χ3v) is 3.70. The number of hydrogen-bond donors (Lipinski definition) is 3. The number of anilines is 5. The number of aromatic nitrogens is 3. The highest BCUT2D eigenvalue weighted by Gasteiger charge is 2.12. The van der Waals surface area contributed by atoms with Crippen LogP contribution in [-0.4, -0.2) is 29.2 Å². The summed E-state index contributed by atoms with van der Waals surface area (Å²) in [6.45, 7) is 1.97. The number of nitrogens with two attached hydrogens (primary N) is 1. The molecular formula is C18H20N6O2. The number of nitrogen functional groups attached to an aromatic ring is 1. The molecule has 2 aromatic heterocycles. The lowest BCUT2D eigenvalue weighted by atomic mass is 10.2. The predicted octanol–water partition coefficient (Wildman–Crippen LogP) is 3.27. The van der Waals surface area contributed by atoms with Crippen molar-refractivity contribution in [2.75, 3.05) is 30.6 Å². The summed E-state index contributed by atoms with van der Waals surface area (Å²) in [7, 11) is 3.18. The van der Waals surface area contributed by atoms with E-state index in [1.807, 2.05) is 31.2 Å². The van der Waals surface area contributed by atoms with Gasteiger partial charge in [0.1, 0.15) is 29.3 Å². The normalized spacial score (nSPS) is 10.3. The second-order valence-corrected chi connectivity index (χ2v) is 5.52. The van der Waals surface area contributed by atoms with Gasteiger partial charge in [0, 0.05) is 12.3 Å². The van der Waals surface area contributed by atoms with Gasteiger partial charge in [-0.25, -0.2) is 15.0 Å². The van der Waals surface area contributed by atoms with Crippen molar-refractivity contribution >= 4 is 28.8 Å². The van der Waals surface area contributed by atoms with Gasteiger partial charge in [-0.05, 0) is 30.7 Å². The third-order valence-electron chi connectivity index (χ3n) is 3.70. The van der Waals surface area contributed by atoms with Crippen LogP contribution in [0.4, 0.5) is 28.8 Å². The zero-order valence-corrected chi connectivity index (χ0v) is 14.8. The average Bonchev–Trinajstić information content (AvgIpc) is 2.67. The van der Waals surface area contributed by atoms with Gasteiger partial charge in [0.15, 0.2) is 11.6 Å². The fourth-order valence-electron chi connectivity index (χ4n) is 2.29. The van der Waals surface area contributed by atoms with Gasteiger partial charge in [-0.2, -0.15) is 0 Å². The number of hydrogen-bond acceptors (Lipinski definition) is 8. The van der Waals surface area contributed by atoms with Gasteiger partial charge < -0.3 is 25.8 Å². The predicted molar refractivity (Wildman–Crippen MR) is 102 cm³/mol. The summed E-state index contributed by atoms with van der Waals surface area (Å²) in [5, 5.41) is 6.26. The number of benzene rings is 1. The summed E-state index contributed by atoms with van der Waals surface area (Å²) in [6.07, 6.45) is 3.19. The molecule has 0 aliphatic rings. The molecule has 26 heavy (non-hydrogen) atoms. The Hall–Kier alpha value is -3.55. The minimum atomic E-state index is 0.368. The van der Waals surface area contributed by atoms with Crippen LogP contribution in [0.3, 0.4) is 0 Å². The fourth-order valence-corrected chi connectivity index (χ4v) is 2.29. The molecule has 4 N–H and O–H groups in total. The van der Waals surface area contributed by atoms with Crippen LogP contribution >= 0.6 is 0 Å². The summed E-state index contributed by atoms with van der Waals surface area (Å²) < 4.78 is 10.6. The average molecular weight is 352 g/mol. The van der Waals surface area contributed by atoms with Crippen molar-refractivity contribution in [1.29, 1.82) is 0 Å². The maximum atomic E-state index is 6.21. The third kappa shape index (κ3) is 3.75. The Morgan fingerprint density at radius 1 is 0.923 bits per heavy atom. The lowest BCUT2D eigenvalue weighted by Gasteiger charge is -2.15. The smallest absolute Gasteiger partial charge is 0.160 e. The first-order chi connectivity index (χ1) is 12.6. The Bertz CT molecular complexity index is 899. The summed E-state index contributed by atoms with van der Waals surface area (Å²) in [4.78, 5) is 12.7. The zero-order chi connectivity index (χ0) is 18.5. The Labute approximate surface area is 151 Å². The molecule has 0 radical (unpaired) electrons. The largest absolute Gasteiger partial charge is 0.497 e. The first-order valence-electron chi connectivity index (χ1n) is 7.90. The van der Waals surface area contributed by atoms with Crippen LogP contribution in [0.15, 0.2) is 42.9 Å². The standard InChI is InChI=1S/C18H20N6O2/c1-11-4-7-15(20-9-11)24-18-16(19)17(21-10-22-18)23-13-6-5-12(25-2)8-14(13)26-3/h4-10H,19H2,1-3H3,(H2,20,21,22,23,24). The van der Waals surface area contributed by atoms with Gasteiger partial charge in [-0.3, -0.25) is 0 Å².